The largest absolute Gasteiger partial charge is 0.575 e. The van der Waals surface area contributed by atoms with Gasteiger partial charge in [0, 0.05) is 6.08 Å². The smallest absolute Gasteiger partial charge is 0.370 e. The number of ether oxygens (including phenoxy) is 1. The molecule has 0 aliphatic rings. The first-order chi connectivity index (χ1) is 3.95. The third kappa shape index (κ3) is 4.86. The van der Waals surface area contributed by atoms with E-state index in [0.717, 1.165) is 0 Å². The van der Waals surface area contributed by atoms with E-state index in [2.05, 4.69) is 11.3 Å². The van der Waals surface area contributed by atoms with Crippen molar-refractivity contribution in [2.45, 2.75) is 6.36 Å². The molecule has 0 aliphatic carbocycles. The summed E-state index contributed by atoms with van der Waals surface area (Å²) in [6.07, 6.45) is -4.46. The molecule has 0 aromatic heterocycles. The number of hydrogen-bond acceptors (Lipinski definition) is 2. The van der Waals surface area contributed by atoms with Gasteiger partial charge in [-0.3, -0.25) is 0 Å². The van der Waals surface area contributed by atoms with Gasteiger partial charge >= 0.3 is 12.3 Å². The molecule has 0 saturated carbocycles. The molecule has 0 radical (unpaired) electrons. The van der Waals surface area contributed by atoms with Gasteiger partial charge in [-0.05, 0) is 0 Å². The minimum absolute atomic E-state index is 0.438. The van der Waals surface area contributed by atoms with Gasteiger partial charge in [-0.15, -0.1) is 13.2 Å². The zero-order valence-electron chi connectivity index (χ0n) is 4.23. The van der Waals surface area contributed by atoms with Crippen LogP contribution in [0, 0.1) is 0 Å². The van der Waals surface area contributed by atoms with Gasteiger partial charge in [0.05, 0.1) is 0 Å². The Balaban J connectivity index is 3.74. The standard InChI is InChI=1S/C4H3F3O2/c1-2-3(8)9-4(5,6)7/h2H,1H2. The van der Waals surface area contributed by atoms with E-state index >= 15 is 0 Å². The molecule has 52 valence electrons. The number of rotatable bonds is 1. The van der Waals surface area contributed by atoms with Crippen LogP contribution in [0.15, 0.2) is 12.7 Å². The van der Waals surface area contributed by atoms with Crippen LogP contribution in [0.25, 0.3) is 0 Å². The second-order valence-corrected chi connectivity index (χ2v) is 1.07. The Labute approximate surface area is 48.9 Å². The molecule has 0 rings (SSSR count). The number of hydrogen-bond donors (Lipinski definition) is 0. The molecule has 0 unspecified atom stereocenters. The third-order valence-corrected chi connectivity index (χ3v) is 0.383. The molecular formula is C4H3F3O2. The van der Waals surface area contributed by atoms with Gasteiger partial charge in [-0.2, -0.15) is 0 Å². The Bertz CT molecular complexity index is 126. The molecule has 5 heteroatoms. The van der Waals surface area contributed by atoms with E-state index in [4.69, 9.17) is 0 Å². The maximum atomic E-state index is 11.0. The highest BCUT2D eigenvalue weighted by molar-refractivity contribution is 5.81. The number of halogens is 3. The van der Waals surface area contributed by atoms with Crippen molar-refractivity contribution in [3.63, 3.8) is 0 Å². The lowest BCUT2D eigenvalue weighted by Crippen LogP contribution is -2.17. The minimum Gasteiger partial charge on any atom is -0.370 e. The van der Waals surface area contributed by atoms with Crippen LogP contribution in [0.5, 0.6) is 0 Å². The summed E-state index contributed by atoms with van der Waals surface area (Å²) in [7, 11) is 0. The van der Waals surface area contributed by atoms with Gasteiger partial charge in [0.15, 0.2) is 0 Å². The zero-order chi connectivity index (χ0) is 7.49. The molecule has 0 saturated heterocycles. The molecule has 0 amide bonds. The van der Waals surface area contributed by atoms with Crippen LogP contribution in [0.4, 0.5) is 13.2 Å². The Morgan fingerprint density at radius 2 is 2.00 bits per heavy atom. The van der Waals surface area contributed by atoms with Crippen molar-refractivity contribution in [1.82, 2.24) is 0 Å². The molecule has 0 fully saturated rings. The summed E-state index contributed by atoms with van der Waals surface area (Å²) in [6, 6.07) is 0. The summed E-state index contributed by atoms with van der Waals surface area (Å²) in [4.78, 5) is 9.77. The predicted molar refractivity (Wildman–Crippen MR) is 22.3 cm³/mol. The summed E-state index contributed by atoms with van der Waals surface area (Å²) in [5.74, 6) is -1.50. The first-order valence-corrected chi connectivity index (χ1v) is 1.88. The van der Waals surface area contributed by atoms with E-state index in [1.807, 2.05) is 0 Å². The molecule has 0 N–H and O–H groups in total. The quantitative estimate of drug-likeness (QED) is 0.404. The first kappa shape index (κ1) is 8.00. The summed E-state index contributed by atoms with van der Waals surface area (Å²) in [5.41, 5.74) is 0. The van der Waals surface area contributed by atoms with E-state index < -0.39 is 12.3 Å². The summed E-state index contributed by atoms with van der Waals surface area (Å²) in [5, 5.41) is 0. The predicted octanol–water partition coefficient (Wildman–Crippen LogP) is 1.24. The van der Waals surface area contributed by atoms with Gasteiger partial charge in [0.2, 0.25) is 0 Å². The van der Waals surface area contributed by atoms with Crippen LogP contribution >= 0.6 is 0 Å². The van der Waals surface area contributed by atoms with Crippen LogP contribution in [0.1, 0.15) is 0 Å². The molecule has 0 bridgehead atoms. The van der Waals surface area contributed by atoms with Crippen molar-refractivity contribution in [3.05, 3.63) is 12.7 Å². The van der Waals surface area contributed by atoms with E-state index in [1.54, 1.807) is 0 Å². The van der Waals surface area contributed by atoms with Crippen LogP contribution in [0.2, 0.25) is 0 Å². The first-order valence-electron chi connectivity index (χ1n) is 1.88. The number of esters is 1. The Kier molecular flexibility index (Phi) is 2.24. The lowest BCUT2D eigenvalue weighted by atomic mass is 10.7. The van der Waals surface area contributed by atoms with Crippen molar-refractivity contribution < 1.29 is 22.7 Å². The fourth-order valence-electron chi connectivity index (χ4n) is 0.156. The summed E-state index contributed by atoms with van der Waals surface area (Å²) >= 11 is 0. The average Bonchev–Trinajstić information content (AvgIpc) is 1.62. The van der Waals surface area contributed by atoms with Crippen molar-refractivity contribution in [2.75, 3.05) is 0 Å². The molecule has 2 nitrogen and oxygen atoms in total. The molecule has 0 aromatic rings. The van der Waals surface area contributed by atoms with E-state index in [0.29, 0.717) is 6.08 Å². The van der Waals surface area contributed by atoms with Crippen molar-refractivity contribution in [3.8, 4) is 0 Å². The number of alkyl halides is 3. The summed E-state index contributed by atoms with van der Waals surface area (Å²) < 4.78 is 35.8. The van der Waals surface area contributed by atoms with Crippen LogP contribution in [-0.2, 0) is 9.53 Å². The van der Waals surface area contributed by atoms with E-state index in [-0.39, 0.29) is 0 Å². The number of carbonyl (C=O) groups is 1. The maximum Gasteiger partial charge on any atom is 0.575 e. The van der Waals surface area contributed by atoms with Crippen LogP contribution < -0.4 is 0 Å². The zero-order valence-corrected chi connectivity index (χ0v) is 4.23. The van der Waals surface area contributed by atoms with Gasteiger partial charge in [0.1, 0.15) is 0 Å². The molecule has 0 aromatic carbocycles. The Morgan fingerprint density at radius 3 is 2.11 bits per heavy atom. The topological polar surface area (TPSA) is 26.3 Å². The number of carbonyl (C=O) groups excluding carboxylic acids is 1. The fourth-order valence-corrected chi connectivity index (χ4v) is 0.156. The molecule has 9 heavy (non-hydrogen) atoms. The van der Waals surface area contributed by atoms with Crippen molar-refractivity contribution >= 4 is 5.97 Å². The molecule has 0 atom stereocenters. The van der Waals surface area contributed by atoms with Crippen LogP contribution in [-0.4, -0.2) is 12.3 Å². The van der Waals surface area contributed by atoms with E-state index in [9.17, 15) is 18.0 Å². The third-order valence-electron chi connectivity index (χ3n) is 0.383. The molecular weight excluding hydrogens is 137 g/mol. The highest BCUT2D eigenvalue weighted by atomic mass is 19.4. The summed E-state index contributed by atoms with van der Waals surface area (Å²) in [6.45, 7) is 2.77. The Hall–Kier alpha value is -1.00. The van der Waals surface area contributed by atoms with Gasteiger partial charge in [-0.25, -0.2) is 4.79 Å². The second-order valence-electron chi connectivity index (χ2n) is 1.07. The average molecular weight is 140 g/mol. The lowest BCUT2D eigenvalue weighted by molar-refractivity contribution is -0.302. The monoisotopic (exact) mass is 140 g/mol. The minimum atomic E-state index is -4.90. The fraction of sp³-hybridized carbons (Fsp3) is 0.250. The van der Waals surface area contributed by atoms with Gasteiger partial charge in [-0.1, -0.05) is 6.58 Å². The molecule has 0 heterocycles. The Morgan fingerprint density at radius 1 is 1.56 bits per heavy atom. The van der Waals surface area contributed by atoms with Gasteiger partial charge < -0.3 is 4.74 Å². The maximum absolute atomic E-state index is 11.0. The van der Waals surface area contributed by atoms with Gasteiger partial charge in [0.25, 0.3) is 0 Å². The van der Waals surface area contributed by atoms with Crippen molar-refractivity contribution in [1.29, 1.82) is 0 Å². The second kappa shape index (κ2) is 2.52. The lowest BCUT2D eigenvalue weighted by Gasteiger charge is -2.02. The molecule has 0 spiro atoms. The normalized spacial score (nSPS) is 10.6. The van der Waals surface area contributed by atoms with Crippen LogP contribution in [0.3, 0.4) is 0 Å². The van der Waals surface area contributed by atoms with E-state index in [1.165, 1.54) is 0 Å². The highest BCUT2D eigenvalue weighted by Gasteiger charge is 2.32. The molecule has 0 aliphatic heterocycles. The van der Waals surface area contributed by atoms with Crippen molar-refractivity contribution in [2.24, 2.45) is 0 Å². The highest BCUT2D eigenvalue weighted by Crippen LogP contribution is 2.15. The SMILES string of the molecule is C=CC(=O)OC(F)(F)F.